The van der Waals surface area contributed by atoms with Crippen LogP contribution in [0, 0.1) is 23.3 Å². The Kier molecular flexibility index (Phi) is 9.56. The van der Waals surface area contributed by atoms with Crippen LogP contribution in [0.3, 0.4) is 0 Å². The molecule has 2 aromatic heterocycles. The number of aromatic nitrogens is 2. The molecule has 0 atom stereocenters. The molecule has 2 heterocycles. The third-order valence-electron chi connectivity index (χ3n) is 10.8. The van der Waals surface area contributed by atoms with Crippen molar-refractivity contribution >= 4 is 80.3 Å². The fourth-order valence-electron chi connectivity index (χ4n) is 7.66. The van der Waals surface area contributed by atoms with E-state index in [1.165, 1.54) is 48.5 Å². The van der Waals surface area contributed by atoms with Gasteiger partial charge in [0.15, 0.2) is 0 Å². The van der Waals surface area contributed by atoms with E-state index < -0.39 is 13.8 Å². The number of fused-ring (bicyclic) bond motifs is 3. The van der Waals surface area contributed by atoms with Crippen LogP contribution in [-0.4, -0.2) is 22.6 Å². The van der Waals surface area contributed by atoms with Crippen molar-refractivity contribution in [1.82, 2.24) is 9.97 Å². The minimum absolute atomic E-state index is 0.385. The summed E-state index contributed by atoms with van der Waals surface area (Å²) in [6.45, 7) is -5.83. The van der Waals surface area contributed by atoms with Crippen LogP contribution >= 0.6 is 13.8 Å². The molecule has 0 radical (unpaired) electrons. The minimum Gasteiger partial charge on any atom is -0.245 e. The van der Waals surface area contributed by atoms with Crippen LogP contribution in [0.2, 0.25) is 0 Å². The molecule has 0 aliphatic heterocycles. The largest absolute Gasteiger partial charge is 0.245 e. The maximum Gasteiger partial charge on any atom is 0.123 e. The molecule has 0 amide bonds. The van der Waals surface area contributed by atoms with E-state index in [0.717, 1.165) is 54.2 Å². The fraction of sp³-hybridized carbons (Fsp3) is 0. The van der Waals surface area contributed by atoms with Crippen molar-refractivity contribution in [2.24, 2.45) is 0 Å². The Balaban J connectivity index is 1.44. The highest BCUT2D eigenvalue weighted by molar-refractivity contribution is 7.93. The van der Waals surface area contributed by atoms with Gasteiger partial charge in [0.05, 0.1) is 21.9 Å². The van der Waals surface area contributed by atoms with E-state index in [2.05, 4.69) is 24.3 Å². The lowest BCUT2D eigenvalue weighted by Gasteiger charge is -2.28. The topological polar surface area (TPSA) is 25.8 Å². The average molecular weight is 801 g/mol. The van der Waals surface area contributed by atoms with Gasteiger partial charge in [-0.1, -0.05) is 134 Å². The van der Waals surface area contributed by atoms with Gasteiger partial charge in [0, 0.05) is 10.8 Å². The second-order valence-corrected chi connectivity index (χ2v) is 20.4. The Labute approximate surface area is 334 Å². The lowest BCUT2D eigenvalue weighted by atomic mass is 9.96. The fourth-order valence-corrected chi connectivity index (χ4v) is 13.2. The van der Waals surface area contributed by atoms with Crippen molar-refractivity contribution in [3.8, 4) is 22.3 Å². The average Bonchev–Trinajstić information content (AvgIpc) is 3.26. The maximum atomic E-state index is 14.5. The summed E-state index contributed by atoms with van der Waals surface area (Å²) in [5, 5.41) is 4.74. The van der Waals surface area contributed by atoms with Crippen molar-refractivity contribution in [2.45, 2.75) is 0 Å². The molecule has 8 heteroatoms. The maximum absolute atomic E-state index is 14.5. The molecule has 0 fully saturated rings. The van der Waals surface area contributed by atoms with Crippen molar-refractivity contribution in [1.29, 1.82) is 0 Å². The molecular weight excluding hydrogens is 767 g/mol. The number of halogens is 4. The normalized spacial score (nSPS) is 11.9. The molecule has 0 bridgehead atoms. The van der Waals surface area contributed by atoms with Crippen LogP contribution in [0.15, 0.2) is 182 Å². The third-order valence-corrected chi connectivity index (χ3v) is 17.5. The molecule has 0 aliphatic carbocycles. The standard InChI is InChI=1S/C50H34F4N2P2/c1-57(39-21-13-35(51)14-22-39,40-23-15-36(52)16-24-40)47-31-45(33-9-5-3-6-10-33)43-29-30-44-46(34-11-7-4-8-12-34)32-48(56-50(44)49(43)55-47)58(2,41-25-17-37(53)18-26-41)42-27-19-38(54)20-28-42/h3-32H,1-2H2. The van der Waals surface area contributed by atoms with Gasteiger partial charge in [-0.05, 0) is 118 Å². The molecule has 2 nitrogen and oxygen atoms in total. The van der Waals surface area contributed by atoms with E-state index in [4.69, 9.17) is 22.6 Å². The van der Waals surface area contributed by atoms with E-state index in [0.29, 0.717) is 21.9 Å². The van der Waals surface area contributed by atoms with E-state index in [-0.39, 0.29) is 23.3 Å². The quantitative estimate of drug-likeness (QED) is 0.0869. The van der Waals surface area contributed by atoms with Crippen molar-refractivity contribution in [3.63, 3.8) is 0 Å². The lowest BCUT2D eigenvalue weighted by molar-refractivity contribution is 0.627. The van der Waals surface area contributed by atoms with Gasteiger partial charge in [0.25, 0.3) is 0 Å². The highest BCUT2D eigenvalue weighted by Crippen LogP contribution is 2.46. The lowest BCUT2D eigenvalue weighted by Crippen LogP contribution is -2.29. The highest BCUT2D eigenvalue weighted by Gasteiger charge is 2.29. The summed E-state index contributed by atoms with van der Waals surface area (Å²) in [7, 11) is 0. The van der Waals surface area contributed by atoms with Gasteiger partial charge >= 0.3 is 0 Å². The SMILES string of the molecule is C=P(c1ccc(F)cc1)(c1ccc(F)cc1)c1cc(-c2ccccc2)c2ccc3c(-c4ccccc4)cc(P(=C)(c4ccc(F)cc4)c4ccc(F)cc4)nc3c2n1. The first-order chi connectivity index (χ1) is 28.1. The zero-order chi connectivity index (χ0) is 40.0. The predicted molar refractivity (Wildman–Crippen MR) is 239 cm³/mol. The van der Waals surface area contributed by atoms with Crippen LogP contribution in [0.25, 0.3) is 44.1 Å². The van der Waals surface area contributed by atoms with Gasteiger partial charge in [-0.15, -0.1) is 0 Å². The van der Waals surface area contributed by atoms with Gasteiger partial charge in [0.2, 0.25) is 0 Å². The first-order valence-electron chi connectivity index (χ1n) is 18.5. The Morgan fingerprint density at radius 2 is 0.621 bits per heavy atom. The molecule has 7 aromatic carbocycles. The Bertz CT molecular complexity index is 2750. The molecule has 58 heavy (non-hydrogen) atoms. The van der Waals surface area contributed by atoms with Crippen molar-refractivity contribution < 1.29 is 17.6 Å². The molecule has 0 aliphatic rings. The van der Waals surface area contributed by atoms with Crippen LogP contribution in [-0.2, 0) is 0 Å². The zero-order valence-electron chi connectivity index (χ0n) is 31.0. The number of hydrogen-bond donors (Lipinski definition) is 0. The Morgan fingerprint density at radius 3 is 0.897 bits per heavy atom. The third kappa shape index (κ3) is 6.49. The highest BCUT2D eigenvalue weighted by atomic mass is 31.2. The van der Waals surface area contributed by atoms with Gasteiger partial charge in [0.1, 0.15) is 23.3 Å². The monoisotopic (exact) mass is 800 g/mol. The Morgan fingerprint density at radius 1 is 0.345 bits per heavy atom. The molecule has 0 N–H and O–H groups in total. The Hall–Kier alpha value is -6.32. The minimum atomic E-state index is -2.91. The number of benzene rings is 7. The van der Waals surface area contributed by atoms with Crippen LogP contribution in [0.1, 0.15) is 0 Å². The van der Waals surface area contributed by atoms with Crippen LogP contribution < -0.4 is 32.1 Å². The van der Waals surface area contributed by atoms with Crippen LogP contribution in [0.5, 0.6) is 0 Å². The summed E-state index contributed by atoms with van der Waals surface area (Å²) in [4.78, 5) is 11.0. The van der Waals surface area contributed by atoms with E-state index >= 15 is 0 Å². The second-order valence-electron chi connectivity index (χ2n) is 14.2. The van der Waals surface area contributed by atoms with Gasteiger partial charge in [-0.3, -0.25) is 0 Å². The summed E-state index contributed by atoms with van der Waals surface area (Å²) < 4.78 is 57.9. The van der Waals surface area contributed by atoms with Crippen molar-refractivity contribution in [3.05, 3.63) is 205 Å². The smallest absolute Gasteiger partial charge is 0.123 e. The van der Waals surface area contributed by atoms with E-state index in [1.54, 1.807) is 48.5 Å². The summed E-state index contributed by atoms with van der Waals surface area (Å²) in [6.07, 6.45) is 9.79. The first kappa shape index (κ1) is 37.3. The van der Waals surface area contributed by atoms with Crippen molar-refractivity contribution in [2.75, 3.05) is 0 Å². The molecule has 282 valence electrons. The molecule has 0 spiro atoms. The summed E-state index contributed by atoms with van der Waals surface area (Å²) in [6, 6.07) is 53.4. The second kappa shape index (κ2) is 14.9. The van der Waals surface area contributed by atoms with Gasteiger partial charge in [-0.25, -0.2) is 27.5 Å². The molecule has 0 saturated carbocycles. The van der Waals surface area contributed by atoms with E-state index in [1.807, 2.05) is 60.7 Å². The summed E-state index contributed by atoms with van der Waals surface area (Å²) in [5.41, 5.74) is 6.16. The molecule has 9 aromatic rings. The molecule has 0 unspecified atom stereocenters. The molecule has 9 rings (SSSR count). The predicted octanol–water partition coefficient (Wildman–Crippen LogP) is 10.1. The first-order valence-corrected chi connectivity index (χ1v) is 22.5. The molecule has 0 saturated heterocycles. The van der Waals surface area contributed by atoms with E-state index in [9.17, 15) is 17.6 Å². The molecular formula is C50H34F4N2P2. The zero-order valence-corrected chi connectivity index (χ0v) is 32.8. The summed E-state index contributed by atoms with van der Waals surface area (Å²) in [5.74, 6) is -1.54. The number of nitrogens with zero attached hydrogens (tertiary/aromatic N) is 2. The number of rotatable bonds is 8. The number of pyridine rings is 2. The van der Waals surface area contributed by atoms with Gasteiger partial charge < -0.3 is 0 Å². The summed E-state index contributed by atoms with van der Waals surface area (Å²) >= 11 is 0. The van der Waals surface area contributed by atoms with Crippen LogP contribution in [0.4, 0.5) is 17.6 Å². The van der Waals surface area contributed by atoms with Gasteiger partial charge in [-0.2, -0.15) is 0 Å². The number of hydrogen-bond acceptors (Lipinski definition) is 2.